The van der Waals surface area contributed by atoms with Crippen molar-refractivity contribution in [1.82, 2.24) is 15.1 Å². The van der Waals surface area contributed by atoms with E-state index in [1.54, 1.807) is 0 Å². The largest absolute Gasteiger partial charge is 0.372 e. The maximum Gasteiger partial charge on any atom is 0.0910 e. The zero-order chi connectivity index (χ0) is 14.5. The highest BCUT2D eigenvalue weighted by Gasteiger charge is 2.21. The Morgan fingerprint density at radius 1 is 1.19 bits per heavy atom. The maximum atomic E-state index is 6.07. The van der Waals surface area contributed by atoms with Gasteiger partial charge in [0.05, 0.1) is 24.4 Å². The summed E-state index contributed by atoms with van der Waals surface area (Å²) in [7, 11) is 0. The summed E-state index contributed by atoms with van der Waals surface area (Å²) in [4.78, 5) is 0. The van der Waals surface area contributed by atoms with E-state index in [0.29, 0.717) is 24.8 Å². The van der Waals surface area contributed by atoms with Crippen LogP contribution in [0, 0.1) is 0 Å². The minimum atomic E-state index is 0.427. The molecule has 21 heavy (non-hydrogen) atoms. The summed E-state index contributed by atoms with van der Waals surface area (Å²) in [5.74, 6) is 0. The number of aromatic nitrogens is 2. The Balaban J connectivity index is 1.41. The van der Waals surface area contributed by atoms with Crippen LogP contribution in [0.4, 0.5) is 0 Å². The Bertz CT molecular complexity index is 417. The molecule has 2 saturated carbocycles. The molecule has 2 aliphatic carbocycles. The summed E-state index contributed by atoms with van der Waals surface area (Å²) in [6.45, 7) is 3.94. The van der Waals surface area contributed by atoms with Crippen LogP contribution in [0.25, 0.3) is 0 Å². The molecule has 2 fully saturated rings. The van der Waals surface area contributed by atoms with Crippen LogP contribution in [0.3, 0.4) is 0 Å². The van der Waals surface area contributed by atoms with Crippen molar-refractivity contribution in [2.75, 3.05) is 6.54 Å². The minimum Gasteiger partial charge on any atom is -0.372 e. The van der Waals surface area contributed by atoms with E-state index in [2.05, 4.69) is 29.2 Å². The van der Waals surface area contributed by atoms with E-state index in [-0.39, 0.29) is 0 Å². The fourth-order valence-electron chi connectivity index (χ4n) is 3.75. The molecular weight excluding hydrogens is 262 g/mol. The van der Waals surface area contributed by atoms with Crippen molar-refractivity contribution in [3.63, 3.8) is 0 Å². The SMILES string of the molecule is CCNC1CCC(OCc2ccn(C3CCCC3)n2)CC1. The van der Waals surface area contributed by atoms with Crippen molar-refractivity contribution in [1.29, 1.82) is 0 Å². The molecule has 0 bridgehead atoms. The predicted molar refractivity (Wildman–Crippen MR) is 84.2 cm³/mol. The van der Waals surface area contributed by atoms with Gasteiger partial charge in [-0.2, -0.15) is 5.10 Å². The van der Waals surface area contributed by atoms with Gasteiger partial charge >= 0.3 is 0 Å². The fourth-order valence-corrected chi connectivity index (χ4v) is 3.75. The number of nitrogens with one attached hydrogen (secondary N) is 1. The van der Waals surface area contributed by atoms with Crippen molar-refractivity contribution in [2.24, 2.45) is 0 Å². The lowest BCUT2D eigenvalue weighted by molar-refractivity contribution is 0.00965. The first-order valence-electron chi connectivity index (χ1n) is 8.74. The lowest BCUT2D eigenvalue weighted by Crippen LogP contribution is -2.35. The van der Waals surface area contributed by atoms with Gasteiger partial charge in [-0.15, -0.1) is 0 Å². The maximum absolute atomic E-state index is 6.07. The molecule has 0 atom stereocenters. The zero-order valence-electron chi connectivity index (χ0n) is 13.3. The smallest absolute Gasteiger partial charge is 0.0910 e. The molecular formula is C17H29N3O. The van der Waals surface area contributed by atoms with E-state index in [0.717, 1.165) is 12.2 Å². The van der Waals surface area contributed by atoms with Gasteiger partial charge in [0.25, 0.3) is 0 Å². The number of nitrogens with zero attached hydrogens (tertiary/aromatic N) is 2. The molecule has 0 aliphatic heterocycles. The number of ether oxygens (including phenoxy) is 1. The van der Waals surface area contributed by atoms with Gasteiger partial charge in [-0.3, -0.25) is 4.68 Å². The van der Waals surface area contributed by atoms with Crippen LogP contribution >= 0.6 is 0 Å². The lowest BCUT2D eigenvalue weighted by atomic mass is 9.93. The Hall–Kier alpha value is -0.870. The first-order valence-corrected chi connectivity index (χ1v) is 8.74. The van der Waals surface area contributed by atoms with Gasteiger partial charge in [0.15, 0.2) is 0 Å². The van der Waals surface area contributed by atoms with E-state index >= 15 is 0 Å². The predicted octanol–water partition coefficient (Wildman–Crippen LogP) is 3.44. The number of rotatable bonds is 6. The monoisotopic (exact) mass is 291 g/mol. The Morgan fingerprint density at radius 2 is 1.95 bits per heavy atom. The summed E-state index contributed by atoms with van der Waals surface area (Å²) in [5, 5.41) is 8.24. The summed E-state index contributed by atoms with van der Waals surface area (Å²) >= 11 is 0. The average Bonchev–Trinajstić information content (AvgIpc) is 3.18. The van der Waals surface area contributed by atoms with Crippen LogP contribution in [0.5, 0.6) is 0 Å². The third-order valence-corrected chi connectivity index (χ3v) is 5.00. The van der Waals surface area contributed by atoms with Crippen molar-refractivity contribution in [3.8, 4) is 0 Å². The van der Waals surface area contributed by atoms with E-state index in [1.807, 2.05) is 0 Å². The molecule has 1 aromatic heterocycles. The van der Waals surface area contributed by atoms with Gasteiger partial charge in [0, 0.05) is 12.2 Å². The van der Waals surface area contributed by atoms with Crippen LogP contribution in [0.1, 0.15) is 70.0 Å². The quantitative estimate of drug-likeness (QED) is 0.872. The van der Waals surface area contributed by atoms with Crippen LogP contribution in [0.2, 0.25) is 0 Å². The molecule has 118 valence electrons. The average molecular weight is 291 g/mol. The first-order chi connectivity index (χ1) is 10.3. The van der Waals surface area contributed by atoms with Gasteiger partial charge in [-0.25, -0.2) is 0 Å². The Labute approximate surface area is 128 Å². The molecule has 0 unspecified atom stereocenters. The Morgan fingerprint density at radius 3 is 2.67 bits per heavy atom. The van der Waals surface area contributed by atoms with Crippen molar-refractivity contribution in [2.45, 2.75) is 83.1 Å². The Kier molecular flexibility index (Phi) is 5.31. The second-order valence-corrected chi connectivity index (χ2v) is 6.57. The highest BCUT2D eigenvalue weighted by Crippen LogP contribution is 2.29. The number of hydrogen-bond acceptors (Lipinski definition) is 3. The lowest BCUT2D eigenvalue weighted by Gasteiger charge is -2.28. The van der Waals surface area contributed by atoms with Crippen molar-refractivity contribution >= 4 is 0 Å². The molecule has 2 aliphatic rings. The highest BCUT2D eigenvalue weighted by molar-refractivity contribution is 4.99. The fraction of sp³-hybridized carbons (Fsp3) is 0.824. The van der Waals surface area contributed by atoms with Crippen molar-refractivity contribution in [3.05, 3.63) is 18.0 Å². The van der Waals surface area contributed by atoms with Gasteiger partial charge in [0.1, 0.15) is 0 Å². The van der Waals surface area contributed by atoms with Crippen LogP contribution in [0.15, 0.2) is 12.3 Å². The third kappa shape index (κ3) is 4.07. The molecule has 0 saturated heterocycles. The summed E-state index contributed by atoms with van der Waals surface area (Å²) in [6.07, 6.45) is 12.7. The molecule has 0 spiro atoms. The van der Waals surface area contributed by atoms with Gasteiger partial charge < -0.3 is 10.1 Å². The topological polar surface area (TPSA) is 39.1 Å². The molecule has 0 aromatic carbocycles. The van der Waals surface area contributed by atoms with Gasteiger partial charge in [-0.1, -0.05) is 19.8 Å². The molecule has 3 rings (SSSR count). The molecule has 1 N–H and O–H groups in total. The number of hydrogen-bond donors (Lipinski definition) is 1. The molecule has 1 aromatic rings. The van der Waals surface area contributed by atoms with E-state index in [9.17, 15) is 0 Å². The second kappa shape index (κ2) is 7.41. The zero-order valence-corrected chi connectivity index (χ0v) is 13.3. The molecule has 1 heterocycles. The van der Waals surface area contributed by atoms with Gasteiger partial charge in [-0.05, 0) is 51.1 Å². The molecule has 4 heteroatoms. The van der Waals surface area contributed by atoms with Crippen LogP contribution in [-0.4, -0.2) is 28.5 Å². The normalized spacial score (nSPS) is 27.3. The summed E-state index contributed by atoms with van der Waals surface area (Å²) < 4.78 is 8.23. The van der Waals surface area contributed by atoms with Crippen LogP contribution in [-0.2, 0) is 11.3 Å². The summed E-state index contributed by atoms with van der Waals surface area (Å²) in [5.41, 5.74) is 1.09. The van der Waals surface area contributed by atoms with Crippen molar-refractivity contribution < 1.29 is 4.74 Å². The van der Waals surface area contributed by atoms with Gasteiger partial charge in [0.2, 0.25) is 0 Å². The standard InChI is InChI=1S/C17H29N3O/c1-2-18-14-7-9-17(10-8-14)21-13-15-11-12-20(19-15)16-5-3-4-6-16/h11-12,14,16-18H,2-10,13H2,1H3. The molecule has 0 radical (unpaired) electrons. The highest BCUT2D eigenvalue weighted by atomic mass is 16.5. The summed E-state index contributed by atoms with van der Waals surface area (Å²) in [6, 6.07) is 3.47. The molecule has 0 amide bonds. The van der Waals surface area contributed by atoms with E-state index in [1.165, 1.54) is 51.4 Å². The minimum absolute atomic E-state index is 0.427. The first kappa shape index (κ1) is 15.0. The molecule has 4 nitrogen and oxygen atoms in total. The van der Waals surface area contributed by atoms with Crippen LogP contribution < -0.4 is 5.32 Å². The van der Waals surface area contributed by atoms with E-state index in [4.69, 9.17) is 9.84 Å². The third-order valence-electron chi connectivity index (χ3n) is 5.00. The second-order valence-electron chi connectivity index (χ2n) is 6.57. The van der Waals surface area contributed by atoms with E-state index < -0.39 is 0 Å².